The van der Waals surface area contributed by atoms with Gasteiger partial charge in [0, 0.05) is 33.0 Å². The molecule has 104 valence electrons. The van der Waals surface area contributed by atoms with Gasteiger partial charge in [-0.3, -0.25) is 0 Å². The normalized spacial score (nSPS) is 13.4. The van der Waals surface area contributed by atoms with Gasteiger partial charge in [-0.15, -0.1) is 0 Å². The lowest BCUT2D eigenvalue weighted by Gasteiger charge is -2.22. The fraction of sp³-hybridized carbons (Fsp3) is 0.571. The van der Waals surface area contributed by atoms with Gasteiger partial charge in [-0.25, -0.2) is 4.98 Å². The number of aryl methyl sites for hydroxylation is 2. The highest BCUT2D eigenvalue weighted by Crippen LogP contribution is 2.27. The largest absolute Gasteiger partial charge is 0.389 e. The molecule has 0 bridgehead atoms. The lowest BCUT2D eigenvalue weighted by Crippen LogP contribution is -2.25. The molecule has 0 radical (unpaired) electrons. The number of aromatic nitrogens is 1. The Morgan fingerprint density at radius 3 is 3.00 bits per heavy atom. The summed E-state index contributed by atoms with van der Waals surface area (Å²) >= 11 is 5.16. The quantitative estimate of drug-likeness (QED) is 0.634. The monoisotopic (exact) mass is 279 g/mol. The first-order valence-corrected chi connectivity index (χ1v) is 7.07. The molecule has 2 N–H and O–H groups in total. The van der Waals surface area contributed by atoms with Crippen molar-refractivity contribution in [1.29, 1.82) is 0 Å². The SMILES string of the molecule is COCCCN(C)c1nc2c(cc1C(N)=S)CCC2. The Hall–Kier alpha value is -1.20. The number of ether oxygens (including phenoxy) is 1. The summed E-state index contributed by atoms with van der Waals surface area (Å²) in [4.78, 5) is 7.31. The zero-order chi connectivity index (χ0) is 13.8. The Morgan fingerprint density at radius 1 is 1.53 bits per heavy atom. The molecule has 1 heterocycles. The van der Waals surface area contributed by atoms with Crippen molar-refractivity contribution in [2.75, 3.05) is 32.2 Å². The molecule has 0 amide bonds. The molecule has 1 aliphatic carbocycles. The van der Waals surface area contributed by atoms with Crippen LogP contribution in [0.5, 0.6) is 0 Å². The number of nitrogens with zero attached hydrogens (tertiary/aromatic N) is 2. The van der Waals surface area contributed by atoms with Crippen LogP contribution in [-0.2, 0) is 17.6 Å². The first-order valence-electron chi connectivity index (χ1n) is 6.66. The highest BCUT2D eigenvalue weighted by atomic mass is 32.1. The van der Waals surface area contributed by atoms with E-state index in [2.05, 4.69) is 11.0 Å². The van der Waals surface area contributed by atoms with Crippen molar-refractivity contribution in [2.24, 2.45) is 5.73 Å². The zero-order valence-corrected chi connectivity index (χ0v) is 12.4. The van der Waals surface area contributed by atoms with Gasteiger partial charge in [0.2, 0.25) is 0 Å². The molecular weight excluding hydrogens is 258 g/mol. The molecule has 0 saturated carbocycles. The Balaban J connectivity index is 2.24. The Bertz CT molecular complexity index is 476. The van der Waals surface area contributed by atoms with Gasteiger partial charge in [0.25, 0.3) is 0 Å². The van der Waals surface area contributed by atoms with Crippen molar-refractivity contribution < 1.29 is 4.74 Å². The Labute approximate surface area is 120 Å². The molecule has 19 heavy (non-hydrogen) atoms. The topological polar surface area (TPSA) is 51.4 Å². The first-order chi connectivity index (χ1) is 9.13. The van der Waals surface area contributed by atoms with Gasteiger partial charge >= 0.3 is 0 Å². The van der Waals surface area contributed by atoms with E-state index in [9.17, 15) is 0 Å². The van der Waals surface area contributed by atoms with Gasteiger partial charge in [0.15, 0.2) is 0 Å². The predicted molar refractivity (Wildman–Crippen MR) is 81.9 cm³/mol. The minimum absolute atomic E-state index is 0.427. The van der Waals surface area contributed by atoms with Crippen molar-refractivity contribution >= 4 is 23.0 Å². The third-order valence-electron chi connectivity index (χ3n) is 3.50. The summed E-state index contributed by atoms with van der Waals surface area (Å²) < 4.78 is 5.08. The smallest absolute Gasteiger partial charge is 0.138 e. The average Bonchev–Trinajstić information content (AvgIpc) is 2.84. The number of hydrogen-bond acceptors (Lipinski definition) is 4. The number of fused-ring (bicyclic) bond motifs is 1. The van der Waals surface area contributed by atoms with Crippen molar-refractivity contribution in [1.82, 2.24) is 4.98 Å². The lowest BCUT2D eigenvalue weighted by molar-refractivity contribution is 0.196. The van der Waals surface area contributed by atoms with Crippen LogP contribution in [0.25, 0.3) is 0 Å². The molecule has 1 aromatic rings. The van der Waals surface area contributed by atoms with Crippen LogP contribution in [0.15, 0.2) is 6.07 Å². The summed E-state index contributed by atoms with van der Waals surface area (Å²) in [7, 11) is 3.75. The van der Waals surface area contributed by atoms with E-state index in [1.165, 1.54) is 17.7 Å². The number of thiocarbonyl (C=S) groups is 1. The van der Waals surface area contributed by atoms with Crippen LogP contribution in [0.2, 0.25) is 0 Å². The predicted octanol–water partition coefficient (Wildman–Crippen LogP) is 1.68. The van der Waals surface area contributed by atoms with Crippen molar-refractivity contribution in [3.63, 3.8) is 0 Å². The molecule has 1 aromatic heterocycles. The van der Waals surface area contributed by atoms with Crippen molar-refractivity contribution in [3.05, 3.63) is 22.9 Å². The second-order valence-corrected chi connectivity index (χ2v) is 5.39. The van der Waals surface area contributed by atoms with Crippen LogP contribution in [0.1, 0.15) is 29.7 Å². The van der Waals surface area contributed by atoms with E-state index in [1.54, 1.807) is 7.11 Å². The van der Waals surface area contributed by atoms with Gasteiger partial charge in [-0.1, -0.05) is 12.2 Å². The summed E-state index contributed by atoms with van der Waals surface area (Å²) in [5.74, 6) is 0.907. The standard InChI is InChI=1S/C14H21N3OS/c1-17(7-4-8-18-2)14-11(13(15)19)9-10-5-3-6-12(10)16-14/h9H,3-8H2,1-2H3,(H2,15,19). The molecule has 0 aliphatic heterocycles. The number of pyridine rings is 1. The maximum atomic E-state index is 5.84. The van der Waals surface area contributed by atoms with E-state index in [0.29, 0.717) is 4.99 Å². The molecule has 0 saturated heterocycles. The van der Waals surface area contributed by atoms with Crippen LogP contribution in [0.4, 0.5) is 5.82 Å². The van der Waals surface area contributed by atoms with Gasteiger partial charge in [-0.2, -0.15) is 0 Å². The summed E-state index contributed by atoms with van der Waals surface area (Å²) in [6.45, 7) is 1.63. The number of nitrogens with two attached hydrogens (primary N) is 1. The Kier molecular flexibility index (Phi) is 4.71. The third-order valence-corrected chi connectivity index (χ3v) is 3.72. The minimum Gasteiger partial charge on any atom is -0.389 e. The molecule has 0 atom stereocenters. The number of rotatable bonds is 6. The van der Waals surface area contributed by atoms with Crippen LogP contribution in [0, 0.1) is 0 Å². The third kappa shape index (κ3) is 3.22. The summed E-state index contributed by atoms with van der Waals surface area (Å²) in [5.41, 5.74) is 9.25. The highest BCUT2D eigenvalue weighted by Gasteiger charge is 2.19. The van der Waals surface area contributed by atoms with E-state index in [-0.39, 0.29) is 0 Å². The van der Waals surface area contributed by atoms with E-state index >= 15 is 0 Å². The minimum atomic E-state index is 0.427. The maximum absolute atomic E-state index is 5.84. The summed E-state index contributed by atoms with van der Waals surface area (Å²) in [6, 6.07) is 2.12. The molecule has 1 aliphatic rings. The second-order valence-electron chi connectivity index (χ2n) is 4.95. The number of anilines is 1. The Morgan fingerprint density at radius 2 is 2.32 bits per heavy atom. The molecule has 0 unspecified atom stereocenters. The summed E-state index contributed by atoms with van der Waals surface area (Å²) in [6.07, 6.45) is 4.29. The van der Waals surface area contributed by atoms with Gasteiger partial charge in [0.1, 0.15) is 10.8 Å². The average molecular weight is 279 g/mol. The molecule has 4 nitrogen and oxygen atoms in total. The zero-order valence-electron chi connectivity index (χ0n) is 11.6. The van der Waals surface area contributed by atoms with E-state index < -0.39 is 0 Å². The van der Waals surface area contributed by atoms with Crippen LogP contribution in [-0.4, -0.2) is 37.3 Å². The highest BCUT2D eigenvalue weighted by molar-refractivity contribution is 7.80. The first kappa shape index (κ1) is 14.2. The fourth-order valence-electron chi connectivity index (χ4n) is 2.49. The van der Waals surface area contributed by atoms with Gasteiger partial charge < -0.3 is 15.4 Å². The fourth-order valence-corrected chi connectivity index (χ4v) is 2.64. The summed E-state index contributed by atoms with van der Waals surface area (Å²) in [5, 5.41) is 0. The van der Waals surface area contributed by atoms with E-state index in [1.807, 2.05) is 7.05 Å². The maximum Gasteiger partial charge on any atom is 0.138 e. The van der Waals surface area contributed by atoms with Gasteiger partial charge in [-0.05, 0) is 37.3 Å². The van der Waals surface area contributed by atoms with Crippen LogP contribution < -0.4 is 10.6 Å². The van der Waals surface area contributed by atoms with E-state index in [4.69, 9.17) is 27.7 Å². The van der Waals surface area contributed by atoms with E-state index in [0.717, 1.165) is 43.8 Å². The molecular formula is C14H21N3OS. The molecule has 5 heteroatoms. The molecule has 0 aromatic carbocycles. The van der Waals surface area contributed by atoms with Gasteiger partial charge in [0.05, 0.1) is 5.56 Å². The molecule has 0 fully saturated rings. The van der Waals surface area contributed by atoms with Crippen LogP contribution >= 0.6 is 12.2 Å². The van der Waals surface area contributed by atoms with Crippen LogP contribution in [0.3, 0.4) is 0 Å². The number of hydrogen-bond donors (Lipinski definition) is 1. The molecule has 2 rings (SSSR count). The lowest BCUT2D eigenvalue weighted by atomic mass is 10.1. The van der Waals surface area contributed by atoms with Crippen molar-refractivity contribution in [3.8, 4) is 0 Å². The molecule has 0 spiro atoms. The van der Waals surface area contributed by atoms with Crippen molar-refractivity contribution in [2.45, 2.75) is 25.7 Å². The second kappa shape index (κ2) is 6.30. The number of methoxy groups -OCH3 is 1.